The van der Waals surface area contributed by atoms with Gasteiger partial charge in [-0.05, 0) is 25.1 Å². The molecule has 0 unspecified atom stereocenters. The van der Waals surface area contributed by atoms with E-state index in [2.05, 4.69) is 5.32 Å². The van der Waals surface area contributed by atoms with Crippen LogP contribution in [0.25, 0.3) is 11.0 Å². The summed E-state index contributed by atoms with van der Waals surface area (Å²) in [4.78, 5) is 26.1. The van der Waals surface area contributed by atoms with Crippen LogP contribution >= 0.6 is 11.6 Å². The van der Waals surface area contributed by atoms with Crippen molar-refractivity contribution in [3.8, 4) is 0 Å². The quantitative estimate of drug-likeness (QED) is 0.765. The number of hydrogen-bond acceptors (Lipinski definition) is 3. The first-order chi connectivity index (χ1) is 12.0. The zero-order valence-electron chi connectivity index (χ0n) is 13.9. The third-order valence-electron chi connectivity index (χ3n) is 3.89. The lowest BCUT2D eigenvalue weighted by molar-refractivity contribution is -0.116. The SMILES string of the molecule is Cc1c(C(=O)N(C)CC(=O)Nc2ccccc2)oc2c(Cl)cccc12. The summed E-state index contributed by atoms with van der Waals surface area (Å²) in [6.45, 7) is 1.71. The molecule has 128 valence electrons. The average molecular weight is 357 g/mol. The molecule has 2 aromatic carbocycles. The Hall–Kier alpha value is -2.79. The van der Waals surface area contributed by atoms with E-state index in [-0.39, 0.29) is 24.1 Å². The van der Waals surface area contributed by atoms with Crippen molar-refractivity contribution < 1.29 is 14.0 Å². The lowest BCUT2D eigenvalue weighted by atomic mass is 10.1. The molecule has 1 N–H and O–H groups in total. The Morgan fingerprint density at radius 2 is 1.84 bits per heavy atom. The third kappa shape index (κ3) is 3.51. The number of anilines is 1. The van der Waals surface area contributed by atoms with E-state index in [4.69, 9.17) is 16.0 Å². The van der Waals surface area contributed by atoms with Gasteiger partial charge >= 0.3 is 0 Å². The minimum atomic E-state index is -0.368. The molecule has 25 heavy (non-hydrogen) atoms. The minimum absolute atomic E-state index is 0.0854. The maximum Gasteiger partial charge on any atom is 0.290 e. The number of nitrogens with zero attached hydrogens (tertiary/aromatic N) is 1. The summed E-state index contributed by atoms with van der Waals surface area (Å²) in [5.74, 6) is -0.458. The van der Waals surface area contributed by atoms with Crippen LogP contribution in [-0.4, -0.2) is 30.3 Å². The van der Waals surface area contributed by atoms with Gasteiger partial charge in [0.15, 0.2) is 11.3 Å². The summed E-state index contributed by atoms with van der Waals surface area (Å²) in [6.07, 6.45) is 0. The first-order valence-corrected chi connectivity index (χ1v) is 8.13. The molecule has 2 amide bonds. The van der Waals surface area contributed by atoms with Gasteiger partial charge in [0.1, 0.15) is 0 Å². The number of carbonyl (C=O) groups is 2. The lowest BCUT2D eigenvalue weighted by Crippen LogP contribution is -2.35. The molecule has 6 heteroatoms. The molecule has 0 radical (unpaired) electrons. The number of halogens is 1. The molecule has 0 saturated heterocycles. The van der Waals surface area contributed by atoms with E-state index in [1.807, 2.05) is 24.3 Å². The van der Waals surface area contributed by atoms with Crippen LogP contribution in [0.3, 0.4) is 0 Å². The summed E-state index contributed by atoms with van der Waals surface area (Å²) in [5.41, 5.74) is 1.87. The van der Waals surface area contributed by atoms with Gasteiger partial charge in [-0.15, -0.1) is 0 Å². The standard InChI is InChI=1S/C19H17ClN2O3/c1-12-14-9-6-10-15(20)18(14)25-17(12)19(24)22(2)11-16(23)21-13-7-4-3-5-8-13/h3-10H,11H2,1-2H3,(H,21,23). The van der Waals surface area contributed by atoms with Crippen molar-refractivity contribution in [2.45, 2.75) is 6.92 Å². The highest BCUT2D eigenvalue weighted by molar-refractivity contribution is 6.35. The smallest absolute Gasteiger partial charge is 0.290 e. The minimum Gasteiger partial charge on any atom is -0.449 e. The van der Waals surface area contributed by atoms with E-state index >= 15 is 0 Å². The molecule has 0 spiro atoms. The second-order valence-corrected chi connectivity index (χ2v) is 6.16. The number of furan rings is 1. The molecular formula is C19H17ClN2O3. The molecule has 3 aromatic rings. The van der Waals surface area contributed by atoms with Crippen molar-refractivity contribution in [2.24, 2.45) is 0 Å². The Balaban J connectivity index is 1.75. The van der Waals surface area contributed by atoms with Gasteiger partial charge in [0.2, 0.25) is 5.91 Å². The Morgan fingerprint density at radius 1 is 1.12 bits per heavy atom. The van der Waals surface area contributed by atoms with Crippen molar-refractivity contribution in [1.29, 1.82) is 0 Å². The molecule has 0 aliphatic heterocycles. The number of carbonyl (C=O) groups excluding carboxylic acids is 2. The highest BCUT2D eigenvalue weighted by atomic mass is 35.5. The fourth-order valence-corrected chi connectivity index (χ4v) is 2.81. The highest BCUT2D eigenvalue weighted by Gasteiger charge is 2.23. The predicted molar refractivity (Wildman–Crippen MR) is 98.0 cm³/mol. The molecule has 3 rings (SSSR count). The first-order valence-electron chi connectivity index (χ1n) is 7.75. The number of benzene rings is 2. The van der Waals surface area contributed by atoms with Gasteiger partial charge in [-0.2, -0.15) is 0 Å². The van der Waals surface area contributed by atoms with Gasteiger partial charge in [-0.3, -0.25) is 9.59 Å². The van der Waals surface area contributed by atoms with Gasteiger partial charge in [0.25, 0.3) is 5.91 Å². The number of hydrogen-bond donors (Lipinski definition) is 1. The molecule has 0 aliphatic carbocycles. The van der Waals surface area contributed by atoms with E-state index in [1.165, 1.54) is 4.90 Å². The second-order valence-electron chi connectivity index (χ2n) is 5.75. The topological polar surface area (TPSA) is 62.6 Å². The second kappa shape index (κ2) is 6.99. The molecule has 0 atom stereocenters. The molecule has 5 nitrogen and oxygen atoms in total. The number of para-hydroxylation sites is 2. The number of nitrogens with one attached hydrogen (secondary N) is 1. The Bertz CT molecular complexity index is 934. The first kappa shape index (κ1) is 17.0. The Morgan fingerprint density at radius 3 is 2.52 bits per heavy atom. The van der Waals surface area contributed by atoms with Crippen molar-refractivity contribution in [3.05, 3.63) is 64.9 Å². The van der Waals surface area contributed by atoms with E-state index in [9.17, 15) is 9.59 Å². The van der Waals surface area contributed by atoms with Crippen LogP contribution in [0.5, 0.6) is 0 Å². The lowest BCUT2D eigenvalue weighted by Gasteiger charge is -2.15. The zero-order chi connectivity index (χ0) is 18.0. The fraction of sp³-hybridized carbons (Fsp3) is 0.158. The van der Waals surface area contributed by atoms with E-state index < -0.39 is 0 Å². The van der Waals surface area contributed by atoms with Crippen LogP contribution in [0.2, 0.25) is 5.02 Å². The van der Waals surface area contributed by atoms with Gasteiger partial charge in [0, 0.05) is 23.7 Å². The van der Waals surface area contributed by atoms with Crippen molar-refractivity contribution in [1.82, 2.24) is 4.90 Å². The molecule has 0 bridgehead atoms. The van der Waals surface area contributed by atoms with Crippen LogP contribution in [0.1, 0.15) is 16.1 Å². The molecule has 0 aliphatic rings. The number of fused-ring (bicyclic) bond motifs is 1. The largest absolute Gasteiger partial charge is 0.449 e. The van der Waals surface area contributed by atoms with Gasteiger partial charge in [0.05, 0.1) is 11.6 Å². The summed E-state index contributed by atoms with van der Waals surface area (Å²) in [7, 11) is 1.56. The summed E-state index contributed by atoms with van der Waals surface area (Å²) in [6, 6.07) is 14.4. The van der Waals surface area contributed by atoms with Crippen LogP contribution in [0, 0.1) is 6.92 Å². The third-order valence-corrected chi connectivity index (χ3v) is 4.19. The summed E-state index contributed by atoms with van der Waals surface area (Å²) >= 11 is 6.12. The van der Waals surface area contributed by atoms with Gasteiger partial charge in [-0.25, -0.2) is 0 Å². The number of likely N-dealkylation sites (N-methyl/N-ethyl adjacent to an activating group) is 1. The Labute approximate surface area is 150 Å². The molecule has 0 fully saturated rings. The maximum atomic E-state index is 12.6. The maximum absolute atomic E-state index is 12.6. The van der Waals surface area contributed by atoms with Crippen molar-refractivity contribution in [3.63, 3.8) is 0 Å². The number of aryl methyl sites for hydroxylation is 1. The van der Waals surface area contributed by atoms with E-state index in [0.717, 1.165) is 5.39 Å². The predicted octanol–water partition coefficient (Wildman–Crippen LogP) is 4.11. The van der Waals surface area contributed by atoms with Crippen molar-refractivity contribution >= 4 is 40.1 Å². The monoisotopic (exact) mass is 356 g/mol. The van der Waals surface area contributed by atoms with Gasteiger partial charge in [-0.1, -0.05) is 41.9 Å². The van der Waals surface area contributed by atoms with Crippen molar-refractivity contribution in [2.75, 3.05) is 18.9 Å². The average Bonchev–Trinajstić information content (AvgIpc) is 2.93. The highest BCUT2D eigenvalue weighted by Crippen LogP contribution is 2.31. The van der Waals surface area contributed by atoms with E-state index in [0.29, 0.717) is 21.9 Å². The number of amides is 2. The molecule has 1 heterocycles. The van der Waals surface area contributed by atoms with Gasteiger partial charge < -0.3 is 14.6 Å². The Kier molecular flexibility index (Phi) is 4.76. The normalized spacial score (nSPS) is 10.7. The summed E-state index contributed by atoms with van der Waals surface area (Å²) < 4.78 is 5.66. The van der Waals surface area contributed by atoms with Crippen LogP contribution in [0.4, 0.5) is 5.69 Å². The number of rotatable bonds is 4. The molecule has 0 saturated carbocycles. The zero-order valence-corrected chi connectivity index (χ0v) is 14.6. The van der Waals surface area contributed by atoms with Crippen LogP contribution in [0.15, 0.2) is 52.9 Å². The molecular weight excluding hydrogens is 340 g/mol. The summed E-state index contributed by atoms with van der Waals surface area (Å²) in [5, 5.41) is 3.98. The molecule has 1 aromatic heterocycles. The van der Waals surface area contributed by atoms with E-state index in [1.54, 1.807) is 38.2 Å². The fourth-order valence-electron chi connectivity index (χ4n) is 2.60. The van der Waals surface area contributed by atoms with Crippen LogP contribution in [-0.2, 0) is 4.79 Å². The van der Waals surface area contributed by atoms with Crippen LogP contribution < -0.4 is 5.32 Å².